The van der Waals surface area contributed by atoms with E-state index in [1.165, 1.54) is 0 Å². The maximum absolute atomic E-state index is 9.44. The number of rotatable bonds is 9. The average Bonchev–Trinajstić information content (AvgIpc) is 2.21. The van der Waals surface area contributed by atoms with Gasteiger partial charge in [0.25, 0.3) is 0 Å². The van der Waals surface area contributed by atoms with Gasteiger partial charge in [-0.15, -0.1) is 0 Å². The molecular formula is C12H26O4. The van der Waals surface area contributed by atoms with Crippen LogP contribution >= 0.6 is 0 Å². The lowest BCUT2D eigenvalue weighted by Crippen LogP contribution is -2.24. The summed E-state index contributed by atoms with van der Waals surface area (Å²) in [5, 5.41) is 18.9. The number of ether oxygens (including phenoxy) is 2. The summed E-state index contributed by atoms with van der Waals surface area (Å²) in [4.78, 5) is 0. The maximum atomic E-state index is 9.44. The summed E-state index contributed by atoms with van der Waals surface area (Å²) in [6.45, 7) is 9.38. The molecule has 0 aromatic heterocycles. The van der Waals surface area contributed by atoms with Gasteiger partial charge in [-0.1, -0.05) is 27.7 Å². The van der Waals surface area contributed by atoms with E-state index in [9.17, 15) is 10.2 Å². The molecule has 0 bridgehead atoms. The summed E-state index contributed by atoms with van der Waals surface area (Å²) in [5.41, 5.74) is 0. The SMILES string of the molecule is CC(C)C(O)COCCOCC(O)C(C)C. The first-order valence-electron chi connectivity index (χ1n) is 5.96. The molecular weight excluding hydrogens is 208 g/mol. The van der Waals surface area contributed by atoms with Gasteiger partial charge in [-0.2, -0.15) is 0 Å². The number of hydrogen-bond donors (Lipinski definition) is 2. The highest BCUT2D eigenvalue weighted by molar-refractivity contribution is 4.58. The second kappa shape index (κ2) is 8.93. The summed E-state index contributed by atoms with van der Waals surface area (Å²) in [6.07, 6.45) is -0.831. The van der Waals surface area contributed by atoms with E-state index in [1.54, 1.807) is 0 Å². The Hall–Kier alpha value is -0.160. The molecule has 98 valence electrons. The van der Waals surface area contributed by atoms with Crippen molar-refractivity contribution in [1.29, 1.82) is 0 Å². The number of aliphatic hydroxyl groups excluding tert-OH is 2. The van der Waals surface area contributed by atoms with Gasteiger partial charge in [0.05, 0.1) is 38.6 Å². The Morgan fingerprint density at radius 3 is 1.31 bits per heavy atom. The molecule has 0 saturated heterocycles. The Labute approximate surface area is 98.6 Å². The first-order valence-corrected chi connectivity index (χ1v) is 5.96. The van der Waals surface area contributed by atoms with Gasteiger partial charge in [0.1, 0.15) is 0 Å². The summed E-state index contributed by atoms with van der Waals surface area (Å²) < 4.78 is 10.5. The van der Waals surface area contributed by atoms with E-state index in [0.717, 1.165) is 0 Å². The van der Waals surface area contributed by atoms with Crippen LogP contribution in [0.1, 0.15) is 27.7 Å². The van der Waals surface area contributed by atoms with E-state index < -0.39 is 12.2 Å². The van der Waals surface area contributed by atoms with Crippen LogP contribution in [0.3, 0.4) is 0 Å². The van der Waals surface area contributed by atoms with Gasteiger partial charge in [-0.3, -0.25) is 0 Å². The molecule has 0 amide bonds. The Balaban J connectivity index is 3.28. The van der Waals surface area contributed by atoms with Crippen molar-refractivity contribution < 1.29 is 19.7 Å². The number of hydrogen-bond acceptors (Lipinski definition) is 4. The molecule has 4 heteroatoms. The lowest BCUT2D eigenvalue weighted by molar-refractivity contribution is -0.0329. The van der Waals surface area contributed by atoms with Gasteiger partial charge < -0.3 is 19.7 Å². The summed E-state index contributed by atoms with van der Waals surface area (Å²) >= 11 is 0. The minimum absolute atomic E-state index is 0.212. The fourth-order valence-electron chi connectivity index (χ4n) is 0.911. The van der Waals surface area contributed by atoms with Crippen LogP contribution in [0.5, 0.6) is 0 Å². The van der Waals surface area contributed by atoms with Crippen molar-refractivity contribution in [2.24, 2.45) is 11.8 Å². The average molecular weight is 234 g/mol. The van der Waals surface area contributed by atoms with E-state index in [1.807, 2.05) is 27.7 Å². The van der Waals surface area contributed by atoms with Gasteiger partial charge in [0.15, 0.2) is 0 Å². The van der Waals surface area contributed by atoms with Crippen LogP contribution in [0.25, 0.3) is 0 Å². The predicted molar refractivity (Wildman–Crippen MR) is 63.3 cm³/mol. The lowest BCUT2D eigenvalue weighted by atomic mass is 10.1. The molecule has 0 saturated carbocycles. The molecule has 4 nitrogen and oxygen atoms in total. The Kier molecular flexibility index (Phi) is 8.84. The largest absolute Gasteiger partial charge is 0.390 e. The van der Waals surface area contributed by atoms with Crippen LogP contribution in [0.4, 0.5) is 0 Å². The molecule has 0 aliphatic rings. The van der Waals surface area contributed by atoms with Gasteiger partial charge >= 0.3 is 0 Å². The fourth-order valence-corrected chi connectivity index (χ4v) is 0.911. The highest BCUT2D eigenvalue weighted by Crippen LogP contribution is 2.02. The van der Waals surface area contributed by atoms with Gasteiger partial charge in [0.2, 0.25) is 0 Å². The molecule has 0 fully saturated rings. The monoisotopic (exact) mass is 234 g/mol. The minimum atomic E-state index is -0.416. The Morgan fingerprint density at radius 1 is 0.750 bits per heavy atom. The summed E-state index contributed by atoms with van der Waals surface area (Å²) in [7, 11) is 0. The van der Waals surface area contributed by atoms with Gasteiger partial charge in [0, 0.05) is 0 Å². The zero-order valence-corrected chi connectivity index (χ0v) is 10.8. The molecule has 2 N–H and O–H groups in total. The predicted octanol–water partition coefficient (Wildman–Crippen LogP) is 1.05. The molecule has 16 heavy (non-hydrogen) atoms. The molecule has 0 spiro atoms. The van der Waals surface area contributed by atoms with E-state index in [-0.39, 0.29) is 11.8 Å². The van der Waals surface area contributed by atoms with Crippen LogP contribution in [-0.2, 0) is 9.47 Å². The van der Waals surface area contributed by atoms with Crippen molar-refractivity contribution in [3.05, 3.63) is 0 Å². The zero-order chi connectivity index (χ0) is 12.6. The summed E-state index contributed by atoms with van der Waals surface area (Å²) in [5.74, 6) is 0.423. The van der Waals surface area contributed by atoms with E-state index in [2.05, 4.69) is 0 Å². The van der Waals surface area contributed by atoms with Gasteiger partial charge in [-0.25, -0.2) is 0 Å². The van der Waals surface area contributed by atoms with Crippen LogP contribution in [0, 0.1) is 11.8 Å². The second-order valence-corrected chi connectivity index (χ2v) is 4.77. The fraction of sp³-hybridized carbons (Fsp3) is 1.00. The zero-order valence-electron chi connectivity index (χ0n) is 10.8. The third-order valence-corrected chi connectivity index (χ3v) is 2.49. The molecule has 0 aromatic carbocycles. The van der Waals surface area contributed by atoms with Crippen molar-refractivity contribution in [2.45, 2.75) is 39.9 Å². The topological polar surface area (TPSA) is 58.9 Å². The molecule has 0 aliphatic heterocycles. The van der Waals surface area contributed by atoms with Crippen LogP contribution < -0.4 is 0 Å². The van der Waals surface area contributed by atoms with E-state index >= 15 is 0 Å². The van der Waals surface area contributed by atoms with Crippen molar-refractivity contribution in [2.75, 3.05) is 26.4 Å². The molecule has 2 unspecified atom stereocenters. The Bertz CT molecular complexity index is 141. The third kappa shape index (κ3) is 8.05. The highest BCUT2D eigenvalue weighted by atomic mass is 16.5. The van der Waals surface area contributed by atoms with Crippen molar-refractivity contribution >= 4 is 0 Å². The lowest BCUT2D eigenvalue weighted by Gasteiger charge is -2.16. The highest BCUT2D eigenvalue weighted by Gasteiger charge is 2.10. The van der Waals surface area contributed by atoms with Gasteiger partial charge in [-0.05, 0) is 11.8 Å². The van der Waals surface area contributed by atoms with Crippen molar-refractivity contribution in [1.82, 2.24) is 0 Å². The standard InChI is InChI=1S/C12H26O4/c1-9(2)11(13)7-15-5-6-16-8-12(14)10(3)4/h9-14H,5-8H2,1-4H3. The maximum Gasteiger partial charge on any atom is 0.0796 e. The molecule has 0 aliphatic carbocycles. The van der Waals surface area contributed by atoms with Crippen LogP contribution in [0.2, 0.25) is 0 Å². The van der Waals surface area contributed by atoms with Crippen molar-refractivity contribution in [3.8, 4) is 0 Å². The normalized spacial score (nSPS) is 15.8. The van der Waals surface area contributed by atoms with Crippen LogP contribution in [-0.4, -0.2) is 48.8 Å². The molecule has 0 rings (SSSR count). The second-order valence-electron chi connectivity index (χ2n) is 4.77. The smallest absolute Gasteiger partial charge is 0.0796 e. The van der Waals surface area contributed by atoms with E-state index in [0.29, 0.717) is 26.4 Å². The quantitative estimate of drug-likeness (QED) is 0.586. The first-order chi connectivity index (χ1) is 7.45. The Morgan fingerprint density at radius 2 is 1.06 bits per heavy atom. The van der Waals surface area contributed by atoms with Crippen molar-refractivity contribution in [3.63, 3.8) is 0 Å². The first kappa shape index (κ1) is 15.8. The molecule has 2 atom stereocenters. The minimum Gasteiger partial charge on any atom is -0.390 e. The molecule has 0 radical (unpaired) electrons. The molecule has 0 aromatic rings. The molecule has 0 heterocycles. The number of aliphatic hydroxyl groups is 2. The van der Waals surface area contributed by atoms with Crippen LogP contribution in [0.15, 0.2) is 0 Å². The third-order valence-electron chi connectivity index (χ3n) is 2.49. The summed E-state index contributed by atoms with van der Waals surface area (Å²) in [6, 6.07) is 0. The van der Waals surface area contributed by atoms with E-state index in [4.69, 9.17) is 9.47 Å².